The molecule has 1 aromatic rings. The lowest BCUT2D eigenvalue weighted by Gasteiger charge is -2.53. The van der Waals surface area contributed by atoms with Gasteiger partial charge < -0.3 is 10.0 Å². The molecule has 2 fully saturated rings. The molecule has 1 heterocycles. The van der Waals surface area contributed by atoms with E-state index in [1.165, 1.54) is 12.1 Å². The first-order valence-corrected chi connectivity index (χ1v) is 7.28. The SMILES string of the molecule is CN1CC[C@]2(c3cc([N+](=O)[O-])ccc3F)CCCC1[C@@H]2O. The zero-order valence-electron chi connectivity index (χ0n) is 12.0. The van der Waals surface area contributed by atoms with E-state index in [1.807, 2.05) is 7.05 Å². The van der Waals surface area contributed by atoms with Crippen molar-refractivity contribution in [3.63, 3.8) is 0 Å². The second-order valence-corrected chi connectivity index (χ2v) is 6.21. The standard InChI is InChI=1S/C15H19FN2O3/c1-17-8-7-15(6-2-3-13(17)14(15)19)11-9-10(18(20)21)4-5-12(11)16/h4-5,9,13-14,19H,2-3,6-8H2,1H3/t13?,14-,15-/m0/s1. The number of hydrogen-bond donors (Lipinski definition) is 1. The molecule has 2 bridgehead atoms. The van der Waals surface area contributed by atoms with Crippen molar-refractivity contribution in [2.45, 2.75) is 43.2 Å². The maximum absolute atomic E-state index is 14.3. The minimum Gasteiger partial charge on any atom is -0.391 e. The van der Waals surface area contributed by atoms with Crippen molar-refractivity contribution in [2.75, 3.05) is 13.6 Å². The molecule has 0 amide bonds. The lowest BCUT2D eigenvalue weighted by molar-refractivity contribution is -0.385. The summed E-state index contributed by atoms with van der Waals surface area (Å²) in [6.07, 6.45) is 2.40. The molecule has 1 aromatic carbocycles. The molecule has 21 heavy (non-hydrogen) atoms. The molecular formula is C15H19FN2O3. The Bertz CT molecular complexity index is 580. The van der Waals surface area contributed by atoms with E-state index in [4.69, 9.17) is 0 Å². The van der Waals surface area contributed by atoms with Gasteiger partial charge in [-0.15, -0.1) is 0 Å². The molecular weight excluding hydrogens is 275 g/mol. The summed E-state index contributed by atoms with van der Waals surface area (Å²) in [7, 11) is 1.97. The van der Waals surface area contributed by atoms with Crippen LogP contribution in [0.15, 0.2) is 18.2 Å². The molecule has 1 aliphatic heterocycles. The van der Waals surface area contributed by atoms with Crippen molar-refractivity contribution in [3.8, 4) is 0 Å². The highest BCUT2D eigenvalue weighted by molar-refractivity contribution is 5.41. The van der Waals surface area contributed by atoms with E-state index in [0.717, 1.165) is 25.5 Å². The molecule has 0 radical (unpaired) electrons. The molecule has 5 nitrogen and oxygen atoms in total. The van der Waals surface area contributed by atoms with Gasteiger partial charge in [-0.1, -0.05) is 6.42 Å². The number of rotatable bonds is 2. The second kappa shape index (κ2) is 5.03. The topological polar surface area (TPSA) is 66.6 Å². The number of nitro benzene ring substituents is 1. The van der Waals surface area contributed by atoms with Crippen molar-refractivity contribution in [1.29, 1.82) is 0 Å². The summed E-state index contributed by atoms with van der Waals surface area (Å²) < 4.78 is 14.3. The highest BCUT2D eigenvalue weighted by Crippen LogP contribution is 2.48. The number of likely N-dealkylation sites (N-methyl/N-ethyl adjacent to an activating group) is 1. The molecule has 1 unspecified atom stereocenters. The number of fused-ring (bicyclic) bond motifs is 2. The van der Waals surface area contributed by atoms with Crippen LogP contribution in [0.1, 0.15) is 31.2 Å². The molecule has 0 aromatic heterocycles. The Kier molecular flexibility index (Phi) is 3.45. The van der Waals surface area contributed by atoms with Gasteiger partial charge in [-0.3, -0.25) is 10.1 Å². The monoisotopic (exact) mass is 294 g/mol. The number of likely N-dealkylation sites (tertiary alicyclic amines) is 1. The fourth-order valence-electron chi connectivity index (χ4n) is 4.01. The maximum Gasteiger partial charge on any atom is 0.269 e. The highest BCUT2D eigenvalue weighted by Gasteiger charge is 2.51. The van der Waals surface area contributed by atoms with E-state index >= 15 is 0 Å². The number of nitro groups is 1. The van der Waals surface area contributed by atoms with E-state index in [2.05, 4.69) is 4.90 Å². The van der Waals surface area contributed by atoms with Gasteiger partial charge in [-0.2, -0.15) is 0 Å². The van der Waals surface area contributed by atoms with Gasteiger partial charge in [0.2, 0.25) is 0 Å². The van der Waals surface area contributed by atoms with Gasteiger partial charge in [-0.05, 0) is 38.9 Å². The van der Waals surface area contributed by atoms with Crippen LogP contribution in [-0.4, -0.2) is 40.7 Å². The fraction of sp³-hybridized carbons (Fsp3) is 0.600. The predicted octanol–water partition coefficient (Wildman–Crippen LogP) is 2.22. The first kappa shape index (κ1) is 14.4. The minimum atomic E-state index is -0.689. The Balaban J connectivity index is 2.09. The molecule has 1 saturated carbocycles. The van der Waals surface area contributed by atoms with Crippen molar-refractivity contribution in [3.05, 3.63) is 39.7 Å². The number of aliphatic hydroxyl groups is 1. The quantitative estimate of drug-likeness (QED) is 0.671. The van der Waals surface area contributed by atoms with Crippen LogP contribution in [0.25, 0.3) is 0 Å². The predicted molar refractivity (Wildman–Crippen MR) is 75.6 cm³/mol. The Morgan fingerprint density at radius 1 is 1.48 bits per heavy atom. The molecule has 2 aliphatic rings. The van der Waals surface area contributed by atoms with Gasteiger partial charge in [0, 0.05) is 29.2 Å². The van der Waals surface area contributed by atoms with Crippen LogP contribution in [-0.2, 0) is 5.41 Å². The lowest BCUT2D eigenvalue weighted by Crippen LogP contribution is -2.61. The third-order valence-electron chi connectivity index (χ3n) is 5.23. The molecule has 1 saturated heterocycles. The maximum atomic E-state index is 14.3. The van der Waals surface area contributed by atoms with E-state index < -0.39 is 22.3 Å². The number of halogens is 1. The molecule has 1 N–H and O–H groups in total. The zero-order valence-corrected chi connectivity index (χ0v) is 12.0. The summed E-state index contributed by atoms with van der Waals surface area (Å²) >= 11 is 0. The van der Waals surface area contributed by atoms with E-state index in [1.54, 1.807) is 0 Å². The number of piperidine rings is 1. The van der Waals surface area contributed by atoms with E-state index in [-0.39, 0.29) is 11.7 Å². The van der Waals surface area contributed by atoms with Crippen molar-refractivity contribution in [2.24, 2.45) is 0 Å². The van der Waals surface area contributed by atoms with Crippen LogP contribution in [0.5, 0.6) is 0 Å². The molecule has 6 heteroatoms. The second-order valence-electron chi connectivity index (χ2n) is 6.21. The normalized spacial score (nSPS) is 32.9. The van der Waals surface area contributed by atoms with E-state index in [0.29, 0.717) is 18.4 Å². The summed E-state index contributed by atoms with van der Waals surface area (Å²) in [6, 6.07) is 3.64. The van der Waals surface area contributed by atoms with Crippen LogP contribution in [0, 0.1) is 15.9 Å². The lowest BCUT2D eigenvalue weighted by atomic mass is 9.61. The van der Waals surface area contributed by atoms with Crippen LogP contribution in [0.2, 0.25) is 0 Å². The Labute approximate surface area is 122 Å². The fourth-order valence-corrected chi connectivity index (χ4v) is 4.01. The largest absolute Gasteiger partial charge is 0.391 e. The number of nitrogens with zero attached hydrogens (tertiary/aromatic N) is 2. The van der Waals surface area contributed by atoms with Gasteiger partial charge in [0.25, 0.3) is 5.69 Å². The summed E-state index contributed by atoms with van der Waals surface area (Å²) in [5.74, 6) is -0.454. The van der Waals surface area contributed by atoms with Crippen LogP contribution in [0.4, 0.5) is 10.1 Å². The first-order valence-electron chi connectivity index (χ1n) is 7.28. The van der Waals surface area contributed by atoms with E-state index in [9.17, 15) is 19.6 Å². The highest BCUT2D eigenvalue weighted by atomic mass is 19.1. The number of benzene rings is 1. The molecule has 3 rings (SSSR count). The van der Waals surface area contributed by atoms with Gasteiger partial charge in [0.15, 0.2) is 0 Å². The number of non-ortho nitro benzene ring substituents is 1. The van der Waals surface area contributed by atoms with Crippen molar-refractivity contribution >= 4 is 5.69 Å². The average molecular weight is 294 g/mol. The third kappa shape index (κ3) is 2.13. The smallest absolute Gasteiger partial charge is 0.269 e. The zero-order chi connectivity index (χ0) is 15.2. The summed E-state index contributed by atoms with van der Waals surface area (Å²) in [5, 5.41) is 21.7. The molecule has 114 valence electrons. The summed E-state index contributed by atoms with van der Waals surface area (Å²) in [4.78, 5) is 12.6. The van der Waals surface area contributed by atoms with Gasteiger partial charge in [-0.25, -0.2) is 4.39 Å². The van der Waals surface area contributed by atoms with Gasteiger partial charge in [0.05, 0.1) is 11.0 Å². The summed E-state index contributed by atoms with van der Waals surface area (Å²) in [5.41, 5.74) is -0.498. The number of aliphatic hydroxyl groups excluding tert-OH is 1. The van der Waals surface area contributed by atoms with Crippen LogP contribution in [0.3, 0.4) is 0 Å². The Morgan fingerprint density at radius 3 is 2.95 bits per heavy atom. The van der Waals surface area contributed by atoms with Crippen LogP contribution < -0.4 is 0 Å². The average Bonchev–Trinajstić information content (AvgIpc) is 2.44. The Hall–Kier alpha value is -1.53. The van der Waals surface area contributed by atoms with Crippen LogP contribution >= 0.6 is 0 Å². The first-order chi connectivity index (χ1) is 9.95. The third-order valence-corrected chi connectivity index (χ3v) is 5.23. The van der Waals surface area contributed by atoms with Gasteiger partial charge >= 0.3 is 0 Å². The van der Waals surface area contributed by atoms with Crippen molar-refractivity contribution in [1.82, 2.24) is 4.90 Å². The van der Waals surface area contributed by atoms with Gasteiger partial charge in [0.1, 0.15) is 5.82 Å². The summed E-state index contributed by atoms with van der Waals surface area (Å²) in [6.45, 7) is 0.768. The number of hydrogen-bond acceptors (Lipinski definition) is 4. The van der Waals surface area contributed by atoms with Crippen molar-refractivity contribution < 1.29 is 14.4 Å². The molecule has 1 aliphatic carbocycles. The molecule has 3 atom stereocenters. The Morgan fingerprint density at radius 2 is 2.24 bits per heavy atom. The minimum absolute atomic E-state index is 0.00571. The molecule has 0 spiro atoms.